The van der Waals surface area contributed by atoms with E-state index >= 15 is 0 Å². The molecule has 1 aromatic rings. The summed E-state index contributed by atoms with van der Waals surface area (Å²) in [5.41, 5.74) is 0. The average molecular weight is 312 g/mol. The number of benzene rings is 1. The Morgan fingerprint density at radius 3 is 2.53 bits per heavy atom. The predicted octanol–water partition coefficient (Wildman–Crippen LogP) is 3.14. The van der Waals surface area contributed by atoms with Crippen LogP contribution < -0.4 is 0 Å². The third-order valence-electron chi connectivity index (χ3n) is 1.94. The van der Waals surface area contributed by atoms with Crippen molar-refractivity contribution < 1.29 is 8.42 Å². The lowest BCUT2D eigenvalue weighted by molar-refractivity contribution is 0.584. The van der Waals surface area contributed by atoms with Crippen molar-refractivity contribution in [3.8, 4) is 0 Å². The van der Waals surface area contributed by atoms with E-state index in [1.54, 1.807) is 24.3 Å². The van der Waals surface area contributed by atoms with Crippen LogP contribution in [0.3, 0.4) is 0 Å². The number of sulfone groups is 1. The van der Waals surface area contributed by atoms with E-state index in [9.17, 15) is 8.42 Å². The van der Waals surface area contributed by atoms with Gasteiger partial charge in [0, 0.05) is 5.33 Å². The van der Waals surface area contributed by atoms with Crippen molar-refractivity contribution in [2.24, 2.45) is 5.92 Å². The van der Waals surface area contributed by atoms with Crippen LogP contribution in [0.5, 0.6) is 0 Å². The molecule has 5 heteroatoms. The first kappa shape index (κ1) is 13.0. The maximum Gasteiger partial charge on any atom is 0.180 e. The van der Waals surface area contributed by atoms with Gasteiger partial charge in [-0.3, -0.25) is 0 Å². The van der Waals surface area contributed by atoms with Crippen molar-refractivity contribution in [3.05, 3.63) is 29.3 Å². The van der Waals surface area contributed by atoms with Crippen LogP contribution in [0.15, 0.2) is 29.2 Å². The third-order valence-corrected chi connectivity index (χ3v) is 5.52. The first-order valence-electron chi connectivity index (χ1n) is 4.50. The summed E-state index contributed by atoms with van der Waals surface area (Å²) in [7, 11) is -3.26. The van der Waals surface area contributed by atoms with Gasteiger partial charge in [-0.15, -0.1) is 0 Å². The van der Waals surface area contributed by atoms with Crippen LogP contribution in [-0.4, -0.2) is 19.5 Å². The lowest BCUT2D eigenvalue weighted by Crippen LogP contribution is -2.15. The van der Waals surface area contributed by atoms with Gasteiger partial charge in [-0.05, 0) is 18.1 Å². The summed E-state index contributed by atoms with van der Waals surface area (Å²) in [4.78, 5) is 0.222. The van der Waals surface area contributed by atoms with Crippen molar-refractivity contribution in [2.45, 2.75) is 11.8 Å². The van der Waals surface area contributed by atoms with Crippen molar-refractivity contribution in [3.63, 3.8) is 0 Å². The second-order valence-electron chi connectivity index (χ2n) is 3.47. The molecule has 2 nitrogen and oxygen atoms in total. The Kier molecular flexibility index (Phi) is 4.62. The van der Waals surface area contributed by atoms with Gasteiger partial charge in [0.1, 0.15) is 0 Å². The van der Waals surface area contributed by atoms with Gasteiger partial charge < -0.3 is 0 Å². The second-order valence-corrected chi connectivity index (χ2v) is 6.53. The largest absolute Gasteiger partial charge is 0.224 e. The number of rotatable bonds is 4. The molecular weight excluding hydrogens is 300 g/mol. The smallest absolute Gasteiger partial charge is 0.180 e. The Morgan fingerprint density at radius 1 is 1.40 bits per heavy atom. The molecule has 1 rings (SSSR count). The van der Waals surface area contributed by atoms with Gasteiger partial charge in [-0.2, -0.15) is 0 Å². The van der Waals surface area contributed by atoms with E-state index in [1.165, 1.54) is 0 Å². The molecule has 84 valence electrons. The molecule has 0 bridgehead atoms. The van der Waals surface area contributed by atoms with Crippen LogP contribution in [0, 0.1) is 5.92 Å². The molecule has 0 saturated carbocycles. The van der Waals surface area contributed by atoms with Crippen LogP contribution in [-0.2, 0) is 9.84 Å². The average Bonchev–Trinajstić information content (AvgIpc) is 2.17. The van der Waals surface area contributed by atoms with Crippen molar-refractivity contribution >= 4 is 37.4 Å². The van der Waals surface area contributed by atoms with Crippen LogP contribution >= 0.6 is 27.5 Å². The molecule has 1 unspecified atom stereocenters. The molecule has 0 aliphatic heterocycles. The molecule has 0 spiro atoms. The Balaban J connectivity index is 3.02. The van der Waals surface area contributed by atoms with E-state index in [1.807, 2.05) is 6.92 Å². The minimum Gasteiger partial charge on any atom is -0.224 e. The minimum atomic E-state index is -3.26. The fraction of sp³-hybridized carbons (Fsp3) is 0.400. The third kappa shape index (κ3) is 3.47. The van der Waals surface area contributed by atoms with E-state index in [0.717, 1.165) is 0 Å². The topological polar surface area (TPSA) is 34.1 Å². The molecule has 0 heterocycles. The van der Waals surface area contributed by atoms with Gasteiger partial charge in [0.2, 0.25) is 0 Å². The van der Waals surface area contributed by atoms with Gasteiger partial charge in [-0.25, -0.2) is 8.42 Å². The zero-order valence-corrected chi connectivity index (χ0v) is 11.4. The lowest BCUT2D eigenvalue weighted by Gasteiger charge is -2.09. The summed E-state index contributed by atoms with van der Waals surface area (Å²) in [5, 5.41) is 0.954. The van der Waals surface area contributed by atoms with E-state index in [4.69, 9.17) is 11.6 Å². The second kappa shape index (κ2) is 5.32. The zero-order valence-electron chi connectivity index (χ0n) is 8.28. The highest BCUT2D eigenvalue weighted by Gasteiger charge is 2.20. The number of hydrogen-bond donors (Lipinski definition) is 0. The predicted molar refractivity (Wildman–Crippen MR) is 66.5 cm³/mol. The summed E-state index contributed by atoms with van der Waals surface area (Å²) in [6.07, 6.45) is 0. The number of alkyl halides is 1. The molecule has 0 fully saturated rings. The highest BCUT2D eigenvalue weighted by molar-refractivity contribution is 9.09. The summed E-state index contributed by atoms with van der Waals surface area (Å²) in [6, 6.07) is 6.53. The first-order valence-corrected chi connectivity index (χ1v) is 7.66. The normalized spacial score (nSPS) is 13.8. The molecule has 0 amide bonds. The molecule has 0 aliphatic carbocycles. The van der Waals surface area contributed by atoms with Crippen molar-refractivity contribution in [1.29, 1.82) is 0 Å². The van der Waals surface area contributed by atoms with Gasteiger partial charge >= 0.3 is 0 Å². The molecular formula is C10H12BrClO2S. The van der Waals surface area contributed by atoms with Gasteiger partial charge in [0.25, 0.3) is 0 Å². The maximum absolute atomic E-state index is 11.9. The lowest BCUT2D eigenvalue weighted by atomic mass is 10.3. The molecule has 0 saturated heterocycles. The molecule has 0 aliphatic rings. The van der Waals surface area contributed by atoms with Gasteiger partial charge in [-0.1, -0.05) is 46.6 Å². The van der Waals surface area contributed by atoms with Crippen molar-refractivity contribution in [1.82, 2.24) is 0 Å². The van der Waals surface area contributed by atoms with E-state index in [-0.39, 0.29) is 16.6 Å². The molecule has 1 atom stereocenters. The van der Waals surface area contributed by atoms with Crippen LogP contribution in [0.25, 0.3) is 0 Å². The molecule has 0 radical (unpaired) electrons. The van der Waals surface area contributed by atoms with Crippen LogP contribution in [0.1, 0.15) is 6.92 Å². The first-order chi connectivity index (χ1) is 6.97. The van der Waals surface area contributed by atoms with Crippen LogP contribution in [0.4, 0.5) is 0 Å². The Hall–Kier alpha value is -0.0600. The summed E-state index contributed by atoms with van der Waals surface area (Å²) < 4.78 is 23.8. The Morgan fingerprint density at radius 2 is 2.00 bits per heavy atom. The van der Waals surface area contributed by atoms with E-state index < -0.39 is 9.84 Å². The van der Waals surface area contributed by atoms with Crippen LogP contribution in [0.2, 0.25) is 5.02 Å². The van der Waals surface area contributed by atoms with E-state index in [2.05, 4.69) is 15.9 Å². The Bertz CT molecular complexity index is 431. The number of halogens is 2. The summed E-state index contributed by atoms with van der Waals surface area (Å²) >= 11 is 9.11. The van der Waals surface area contributed by atoms with E-state index in [0.29, 0.717) is 10.4 Å². The standard InChI is InChI=1S/C10H12BrClO2S/c1-8(6-11)7-15(13,14)10-5-3-2-4-9(10)12/h2-5,8H,6-7H2,1H3. The fourth-order valence-corrected chi connectivity index (χ4v) is 3.92. The highest BCUT2D eigenvalue weighted by Crippen LogP contribution is 2.23. The molecule has 0 N–H and O–H groups in total. The van der Waals surface area contributed by atoms with Gasteiger partial charge in [0.05, 0.1) is 15.7 Å². The van der Waals surface area contributed by atoms with Gasteiger partial charge in [0.15, 0.2) is 9.84 Å². The molecule has 1 aromatic carbocycles. The number of hydrogen-bond acceptors (Lipinski definition) is 2. The minimum absolute atomic E-state index is 0.0753. The summed E-state index contributed by atoms with van der Waals surface area (Å²) in [5.74, 6) is 0.188. The molecule has 15 heavy (non-hydrogen) atoms. The Labute approximate surface area is 104 Å². The maximum atomic E-state index is 11.9. The molecule has 0 aromatic heterocycles. The highest BCUT2D eigenvalue weighted by atomic mass is 79.9. The SMILES string of the molecule is CC(CBr)CS(=O)(=O)c1ccccc1Cl. The zero-order chi connectivity index (χ0) is 11.5. The monoisotopic (exact) mass is 310 g/mol. The fourth-order valence-electron chi connectivity index (χ4n) is 1.21. The quantitative estimate of drug-likeness (QED) is 0.801. The van der Waals surface area contributed by atoms with Crippen molar-refractivity contribution in [2.75, 3.05) is 11.1 Å². The summed E-state index contributed by atoms with van der Waals surface area (Å²) in [6.45, 7) is 1.88.